The van der Waals surface area contributed by atoms with E-state index in [-0.39, 0.29) is 17.8 Å². The van der Waals surface area contributed by atoms with Crippen molar-refractivity contribution in [1.82, 2.24) is 4.98 Å². The van der Waals surface area contributed by atoms with Gasteiger partial charge in [0.15, 0.2) is 0 Å². The number of anilines is 1. The zero-order valence-corrected chi connectivity index (χ0v) is 11.3. The molecule has 0 aliphatic heterocycles. The van der Waals surface area contributed by atoms with Gasteiger partial charge in [0.2, 0.25) is 0 Å². The van der Waals surface area contributed by atoms with Crippen LogP contribution in [0.4, 0.5) is 5.82 Å². The molecule has 0 aliphatic rings. The average molecular weight is 284 g/mol. The van der Waals surface area contributed by atoms with Crippen molar-refractivity contribution in [2.75, 3.05) is 18.1 Å². The van der Waals surface area contributed by atoms with E-state index in [2.05, 4.69) is 4.98 Å². The van der Waals surface area contributed by atoms with Crippen molar-refractivity contribution in [3.8, 4) is 0 Å². The molecule has 0 bridgehead atoms. The number of hydrogen-bond acceptors (Lipinski definition) is 3. The third-order valence-corrected chi connectivity index (χ3v) is 3.06. The van der Waals surface area contributed by atoms with E-state index in [0.29, 0.717) is 22.4 Å². The lowest BCUT2D eigenvalue weighted by atomic mass is 10.3. The van der Waals surface area contributed by atoms with Crippen molar-refractivity contribution in [1.29, 1.82) is 0 Å². The molecule has 0 atom stereocenters. The summed E-state index contributed by atoms with van der Waals surface area (Å²) in [6.45, 7) is 4.44. The van der Waals surface area contributed by atoms with Gasteiger partial charge >= 0.3 is 0 Å². The van der Waals surface area contributed by atoms with Crippen LogP contribution in [0.1, 0.15) is 13.8 Å². The zero-order valence-electron chi connectivity index (χ0n) is 9.04. The molecule has 1 aromatic heterocycles. The van der Waals surface area contributed by atoms with Crippen LogP contribution in [0.5, 0.6) is 0 Å². The summed E-state index contributed by atoms with van der Waals surface area (Å²) in [5.41, 5.74) is 0. The summed E-state index contributed by atoms with van der Waals surface area (Å²) in [5.74, 6) is 0.542. The Balaban J connectivity index is 3.13. The molecule has 1 heterocycles. The fourth-order valence-electron chi connectivity index (χ4n) is 1.35. The third-order valence-electron chi connectivity index (χ3n) is 2.10. The second-order valence-electron chi connectivity index (χ2n) is 3.58. The van der Waals surface area contributed by atoms with Crippen molar-refractivity contribution >= 4 is 40.6 Å². The number of aromatic nitrogens is 1. The van der Waals surface area contributed by atoms with Gasteiger partial charge in [-0.3, -0.25) is 0 Å². The molecule has 6 heteroatoms. The minimum atomic E-state index is 0.0242. The fraction of sp³-hybridized carbons (Fsp3) is 0.500. The van der Waals surface area contributed by atoms with E-state index in [1.54, 1.807) is 6.07 Å². The first kappa shape index (κ1) is 13.8. The Morgan fingerprint density at radius 1 is 1.31 bits per heavy atom. The Labute approximate surface area is 110 Å². The summed E-state index contributed by atoms with van der Waals surface area (Å²) in [6, 6.07) is 1.72. The van der Waals surface area contributed by atoms with E-state index in [1.807, 2.05) is 18.7 Å². The Bertz CT molecular complexity index is 371. The molecule has 0 radical (unpaired) electrons. The predicted octanol–water partition coefficient (Wildman–Crippen LogP) is 3.25. The normalized spacial score (nSPS) is 10.9. The lowest BCUT2D eigenvalue weighted by Crippen LogP contribution is -2.34. The molecular weight excluding hydrogens is 270 g/mol. The van der Waals surface area contributed by atoms with Crippen LogP contribution in [0, 0.1) is 0 Å². The van der Waals surface area contributed by atoms with E-state index < -0.39 is 0 Å². The maximum atomic E-state index is 8.99. The molecule has 0 fully saturated rings. The topological polar surface area (TPSA) is 36.4 Å². The second-order valence-corrected chi connectivity index (χ2v) is 4.75. The summed E-state index contributed by atoms with van der Waals surface area (Å²) in [4.78, 5) is 5.99. The standard InChI is InChI=1S/C10H13Cl3N2O/c1-6(2)15(3-4-16)10-8(12)5-7(11)9(13)14-10/h5-6,16H,3-4H2,1-2H3. The predicted molar refractivity (Wildman–Crippen MR) is 68.8 cm³/mol. The van der Waals surface area contributed by atoms with Gasteiger partial charge in [0.1, 0.15) is 11.0 Å². The van der Waals surface area contributed by atoms with Gasteiger partial charge in [-0.15, -0.1) is 0 Å². The Morgan fingerprint density at radius 3 is 2.44 bits per heavy atom. The number of halogens is 3. The maximum absolute atomic E-state index is 8.99. The van der Waals surface area contributed by atoms with Crippen LogP contribution in [0.15, 0.2) is 6.07 Å². The Hall–Kier alpha value is -0.220. The average Bonchev–Trinajstić information content (AvgIpc) is 2.20. The number of hydrogen-bond donors (Lipinski definition) is 1. The van der Waals surface area contributed by atoms with Gasteiger partial charge in [-0.05, 0) is 19.9 Å². The highest BCUT2D eigenvalue weighted by Crippen LogP contribution is 2.31. The Morgan fingerprint density at radius 2 is 1.94 bits per heavy atom. The van der Waals surface area contributed by atoms with E-state index in [9.17, 15) is 0 Å². The lowest BCUT2D eigenvalue weighted by molar-refractivity contribution is 0.298. The van der Waals surface area contributed by atoms with E-state index in [4.69, 9.17) is 39.9 Å². The molecule has 16 heavy (non-hydrogen) atoms. The minimum Gasteiger partial charge on any atom is -0.395 e. The highest BCUT2D eigenvalue weighted by atomic mass is 35.5. The fourth-order valence-corrected chi connectivity index (χ4v) is 1.95. The van der Waals surface area contributed by atoms with Gasteiger partial charge in [-0.25, -0.2) is 4.98 Å². The number of pyridine rings is 1. The molecule has 0 saturated heterocycles. The van der Waals surface area contributed by atoms with Crippen molar-refractivity contribution in [2.45, 2.75) is 19.9 Å². The molecule has 0 saturated carbocycles. The third kappa shape index (κ3) is 3.14. The highest BCUT2D eigenvalue weighted by Gasteiger charge is 2.17. The molecule has 0 aromatic carbocycles. The SMILES string of the molecule is CC(C)N(CCO)c1nc(Cl)c(Cl)cc1Cl. The van der Waals surface area contributed by atoms with Crippen LogP contribution < -0.4 is 4.90 Å². The van der Waals surface area contributed by atoms with Crippen LogP contribution in [0.2, 0.25) is 15.2 Å². The summed E-state index contributed by atoms with van der Waals surface area (Å²) >= 11 is 17.7. The number of nitrogens with zero attached hydrogens (tertiary/aromatic N) is 2. The largest absolute Gasteiger partial charge is 0.395 e. The van der Waals surface area contributed by atoms with Crippen molar-refractivity contribution < 1.29 is 5.11 Å². The van der Waals surface area contributed by atoms with E-state index >= 15 is 0 Å². The van der Waals surface area contributed by atoms with Gasteiger partial charge in [-0.1, -0.05) is 34.8 Å². The molecule has 0 aliphatic carbocycles. The van der Waals surface area contributed by atoms with Crippen molar-refractivity contribution in [3.05, 3.63) is 21.3 Å². The molecule has 0 unspecified atom stereocenters. The van der Waals surface area contributed by atoms with Gasteiger partial charge in [-0.2, -0.15) is 0 Å². The highest BCUT2D eigenvalue weighted by molar-refractivity contribution is 6.42. The summed E-state index contributed by atoms with van der Waals surface area (Å²) in [6.07, 6.45) is 0. The van der Waals surface area contributed by atoms with Gasteiger partial charge in [0, 0.05) is 12.6 Å². The minimum absolute atomic E-state index is 0.0242. The number of aliphatic hydroxyl groups is 1. The van der Waals surface area contributed by atoms with Crippen LogP contribution in [0.25, 0.3) is 0 Å². The van der Waals surface area contributed by atoms with Gasteiger partial charge in [0.05, 0.1) is 16.7 Å². The Kier molecular flexibility index (Phi) is 5.12. The van der Waals surface area contributed by atoms with Crippen molar-refractivity contribution in [2.24, 2.45) is 0 Å². The molecular formula is C10H13Cl3N2O. The summed E-state index contributed by atoms with van der Waals surface area (Å²) < 4.78 is 0. The molecule has 3 nitrogen and oxygen atoms in total. The summed E-state index contributed by atoms with van der Waals surface area (Å²) in [5, 5.41) is 9.95. The molecule has 1 rings (SSSR count). The van der Waals surface area contributed by atoms with Crippen molar-refractivity contribution in [3.63, 3.8) is 0 Å². The quantitative estimate of drug-likeness (QED) is 0.862. The van der Waals surface area contributed by atoms with Crippen LogP contribution in [-0.2, 0) is 0 Å². The molecule has 0 spiro atoms. The molecule has 90 valence electrons. The number of rotatable bonds is 4. The van der Waals surface area contributed by atoms with Gasteiger partial charge in [0.25, 0.3) is 0 Å². The molecule has 1 N–H and O–H groups in total. The first-order valence-electron chi connectivity index (χ1n) is 4.86. The number of aliphatic hydroxyl groups excluding tert-OH is 1. The maximum Gasteiger partial charge on any atom is 0.150 e. The lowest BCUT2D eigenvalue weighted by Gasteiger charge is -2.28. The first-order chi connectivity index (χ1) is 7.47. The van der Waals surface area contributed by atoms with E-state index in [0.717, 1.165) is 0 Å². The van der Waals surface area contributed by atoms with E-state index in [1.165, 1.54) is 0 Å². The summed E-state index contributed by atoms with van der Waals surface area (Å²) in [7, 11) is 0. The monoisotopic (exact) mass is 282 g/mol. The first-order valence-corrected chi connectivity index (χ1v) is 5.99. The van der Waals surface area contributed by atoms with Gasteiger partial charge < -0.3 is 10.0 Å². The van der Waals surface area contributed by atoms with Crippen LogP contribution >= 0.6 is 34.8 Å². The second kappa shape index (κ2) is 5.92. The van der Waals surface area contributed by atoms with Crippen LogP contribution in [-0.4, -0.2) is 29.3 Å². The molecule has 0 amide bonds. The zero-order chi connectivity index (χ0) is 12.3. The smallest absolute Gasteiger partial charge is 0.150 e. The van der Waals surface area contributed by atoms with Crippen LogP contribution in [0.3, 0.4) is 0 Å². The molecule has 1 aromatic rings.